The van der Waals surface area contributed by atoms with Crippen molar-refractivity contribution in [3.63, 3.8) is 0 Å². The summed E-state index contributed by atoms with van der Waals surface area (Å²) in [6, 6.07) is 11.6. The van der Waals surface area contributed by atoms with E-state index < -0.39 is 4.92 Å². The zero-order chi connectivity index (χ0) is 13.8. The number of halogens is 2. The van der Waals surface area contributed by atoms with Crippen LogP contribution in [0.2, 0.25) is 10.0 Å². The van der Waals surface area contributed by atoms with Gasteiger partial charge in [-0.3, -0.25) is 10.1 Å². The molecule has 0 aromatic heterocycles. The third-order valence-corrected chi connectivity index (χ3v) is 3.05. The minimum absolute atomic E-state index is 0.0471. The summed E-state index contributed by atoms with van der Waals surface area (Å²) >= 11 is 11.6. The van der Waals surface area contributed by atoms with Crippen molar-refractivity contribution in [2.45, 2.75) is 6.54 Å². The second-order valence-electron chi connectivity index (χ2n) is 3.89. The zero-order valence-electron chi connectivity index (χ0n) is 9.77. The molecule has 0 saturated heterocycles. The first-order valence-corrected chi connectivity index (χ1v) is 6.24. The maximum atomic E-state index is 10.9. The Kier molecular flexibility index (Phi) is 4.24. The van der Waals surface area contributed by atoms with Gasteiger partial charge in [-0.2, -0.15) is 0 Å². The molecule has 1 N–H and O–H groups in total. The first-order chi connectivity index (χ1) is 9.06. The number of rotatable bonds is 4. The van der Waals surface area contributed by atoms with Crippen LogP contribution in [-0.4, -0.2) is 4.92 Å². The predicted molar refractivity (Wildman–Crippen MR) is 76.9 cm³/mol. The molecule has 4 nitrogen and oxygen atoms in total. The van der Waals surface area contributed by atoms with Crippen molar-refractivity contribution in [3.8, 4) is 0 Å². The number of anilines is 1. The van der Waals surface area contributed by atoms with Crippen LogP contribution < -0.4 is 5.32 Å². The fourth-order valence-electron chi connectivity index (χ4n) is 1.64. The van der Waals surface area contributed by atoms with E-state index in [1.807, 2.05) is 0 Å². The Balaban J connectivity index is 2.16. The molecule has 0 unspecified atom stereocenters. The highest BCUT2D eigenvalue weighted by atomic mass is 35.5. The molecule has 0 spiro atoms. The van der Waals surface area contributed by atoms with E-state index in [2.05, 4.69) is 5.32 Å². The number of nitrogens with one attached hydrogen (secondary N) is 1. The average molecular weight is 297 g/mol. The molecule has 98 valence electrons. The van der Waals surface area contributed by atoms with E-state index in [1.165, 1.54) is 12.1 Å². The van der Waals surface area contributed by atoms with Gasteiger partial charge in [0, 0.05) is 28.3 Å². The van der Waals surface area contributed by atoms with Crippen LogP contribution in [0.3, 0.4) is 0 Å². The summed E-state index contributed by atoms with van der Waals surface area (Å²) in [4.78, 5) is 10.5. The number of benzene rings is 2. The van der Waals surface area contributed by atoms with Crippen molar-refractivity contribution in [2.24, 2.45) is 0 Å². The molecular formula is C13H10Cl2N2O2. The summed E-state index contributed by atoms with van der Waals surface area (Å²) < 4.78 is 0. The Morgan fingerprint density at radius 2 is 1.68 bits per heavy atom. The van der Waals surface area contributed by atoms with Crippen molar-refractivity contribution in [1.29, 1.82) is 0 Å². The van der Waals surface area contributed by atoms with E-state index in [-0.39, 0.29) is 5.69 Å². The summed E-state index contributed by atoms with van der Waals surface area (Å²) in [6.07, 6.45) is 0. The highest BCUT2D eigenvalue weighted by Gasteiger charge is 2.13. The van der Waals surface area contributed by atoms with Crippen molar-refractivity contribution >= 4 is 34.6 Å². The van der Waals surface area contributed by atoms with Crippen LogP contribution in [0.1, 0.15) is 5.56 Å². The second-order valence-corrected chi connectivity index (χ2v) is 4.76. The van der Waals surface area contributed by atoms with Gasteiger partial charge in [0.15, 0.2) is 0 Å². The summed E-state index contributed by atoms with van der Waals surface area (Å²) in [5.74, 6) is 0. The fraction of sp³-hybridized carbons (Fsp3) is 0.0769. The molecule has 19 heavy (non-hydrogen) atoms. The molecular weight excluding hydrogens is 287 g/mol. The lowest BCUT2D eigenvalue weighted by atomic mass is 10.1. The Hall–Kier alpha value is -1.78. The van der Waals surface area contributed by atoms with E-state index in [9.17, 15) is 10.1 Å². The molecule has 2 aromatic carbocycles. The van der Waals surface area contributed by atoms with Crippen LogP contribution in [0.15, 0.2) is 42.5 Å². The monoisotopic (exact) mass is 296 g/mol. The molecule has 0 bridgehead atoms. The molecule has 0 aliphatic carbocycles. The first-order valence-electron chi connectivity index (χ1n) is 5.48. The average Bonchev–Trinajstić information content (AvgIpc) is 2.38. The van der Waals surface area contributed by atoms with Gasteiger partial charge < -0.3 is 5.32 Å². The van der Waals surface area contributed by atoms with Gasteiger partial charge in [-0.1, -0.05) is 23.2 Å². The van der Waals surface area contributed by atoms with Crippen LogP contribution in [0.25, 0.3) is 0 Å². The van der Waals surface area contributed by atoms with E-state index in [1.54, 1.807) is 30.3 Å². The standard InChI is InChI=1S/C13H10Cl2N2O2/c14-10-1-4-12(5-2-10)16-8-9-7-11(15)3-6-13(9)17(18)19/h1-7,16H,8H2. The first kappa shape index (κ1) is 13.6. The van der Waals surface area contributed by atoms with Gasteiger partial charge in [0.2, 0.25) is 0 Å². The molecule has 0 heterocycles. The Morgan fingerprint density at radius 3 is 2.32 bits per heavy atom. The number of nitrogens with zero attached hydrogens (tertiary/aromatic N) is 1. The number of nitro groups is 1. The minimum Gasteiger partial charge on any atom is -0.381 e. The van der Waals surface area contributed by atoms with Crippen molar-refractivity contribution < 1.29 is 4.92 Å². The lowest BCUT2D eigenvalue weighted by Gasteiger charge is -2.07. The van der Waals surface area contributed by atoms with Crippen LogP contribution in [0, 0.1) is 10.1 Å². The Bertz CT molecular complexity index is 600. The molecule has 6 heteroatoms. The van der Waals surface area contributed by atoms with Crippen molar-refractivity contribution in [2.75, 3.05) is 5.32 Å². The predicted octanol–water partition coefficient (Wildman–Crippen LogP) is 4.51. The fourth-order valence-corrected chi connectivity index (χ4v) is 1.96. The van der Waals surface area contributed by atoms with Crippen LogP contribution in [-0.2, 0) is 6.54 Å². The van der Waals surface area contributed by atoms with E-state index in [4.69, 9.17) is 23.2 Å². The molecule has 0 aliphatic rings. The largest absolute Gasteiger partial charge is 0.381 e. The van der Waals surface area contributed by atoms with Gasteiger partial charge in [-0.25, -0.2) is 0 Å². The number of hydrogen-bond donors (Lipinski definition) is 1. The smallest absolute Gasteiger partial charge is 0.274 e. The molecule has 0 saturated carbocycles. The van der Waals surface area contributed by atoms with E-state index >= 15 is 0 Å². The Labute approximate surface area is 120 Å². The quantitative estimate of drug-likeness (QED) is 0.667. The highest BCUT2D eigenvalue weighted by molar-refractivity contribution is 6.31. The molecule has 0 amide bonds. The zero-order valence-corrected chi connectivity index (χ0v) is 11.3. The number of hydrogen-bond acceptors (Lipinski definition) is 3. The van der Waals surface area contributed by atoms with Gasteiger partial charge in [0.05, 0.1) is 10.5 Å². The molecule has 0 atom stereocenters. The molecule has 0 aliphatic heterocycles. The molecule has 2 rings (SSSR count). The minimum atomic E-state index is -0.421. The molecule has 0 fully saturated rings. The Morgan fingerprint density at radius 1 is 1.05 bits per heavy atom. The lowest BCUT2D eigenvalue weighted by molar-refractivity contribution is -0.385. The highest BCUT2D eigenvalue weighted by Crippen LogP contribution is 2.24. The van der Waals surface area contributed by atoms with Crippen LogP contribution >= 0.6 is 23.2 Å². The summed E-state index contributed by atoms with van der Waals surface area (Å²) in [7, 11) is 0. The topological polar surface area (TPSA) is 55.2 Å². The third kappa shape index (κ3) is 3.59. The normalized spacial score (nSPS) is 10.2. The number of nitro benzene ring substituents is 1. The third-order valence-electron chi connectivity index (χ3n) is 2.57. The van der Waals surface area contributed by atoms with Gasteiger partial charge in [-0.05, 0) is 36.4 Å². The maximum absolute atomic E-state index is 10.9. The van der Waals surface area contributed by atoms with Gasteiger partial charge in [0.1, 0.15) is 0 Å². The molecule has 2 aromatic rings. The SMILES string of the molecule is O=[N+]([O-])c1ccc(Cl)cc1CNc1ccc(Cl)cc1. The summed E-state index contributed by atoms with van der Waals surface area (Å²) in [5.41, 5.74) is 1.41. The van der Waals surface area contributed by atoms with E-state index in [0.29, 0.717) is 22.2 Å². The van der Waals surface area contributed by atoms with Gasteiger partial charge >= 0.3 is 0 Å². The van der Waals surface area contributed by atoms with Gasteiger partial charge in [0.25, 0.3) is 5.69 Å². The second kappa shape index (κ2) is 5.91. The summed E-state index contributed by atoms with van der Waals surface area (Å²) in [6.45, 7) is 0.318. The lowest BCUT2D eigenvalue weighted by Crippen LogP contribution is -2.03. The van der Waals surface area contributed by atoms with Gasteiger partial charge in [-0.15, -0.1) is 0 Å². The van der Waals surface area contributed by atoms with Crippen molar-refractivity contribution in [3.05, 3.63) is 68.2 Å². The maximum Gasteiger partial charge on any atom is 0.274 e. The summed E-state index contributed by atoms with van der Waals surface area (Å²) in [5, 5.41) is 15.1. The van der Waals surface area contributed by atoms with Crippen LogP contribution in [0.5, 0.6) is 0 Å². The van der Waals surface area contributed by atoms with Crippen LogP contribution in [0.4, 0.5) is 11.4 Å². The van der Waals surface area contributed by atoms with E-state index in [0.717, 1.165) is 5.69 Å². The molecule has 0 radical (unpaired) electrons. The van der Waals surface area contributed by atoms with Crippen molar-refractivity contribution in [1.82, 2.24) is 0 Å².